The Bertz CT molecular complexity index is 631. The first-order valence-corrected chi connectivity index (χ1v) is 4.47. The number of hydrogen-bond acceptors (Lipinski definition) is 5. The number of nitrogens with two attached hydrogens (primary N) is 1. The minimum Gasteiger partial charge on any atom is -0.443 e. The van der Waals surface area contributed by atoms with Gasteiger partial charge in [-0.05, 0) is 18.2 Å². The molecule has 3 N–H and O–H groups in total. The van der Waals surface area contributed by atoms with Crippen LogP contribution in [-0.2, 0) is 0 Å². The summed E-state index contributed by atoms with van der Waals surface area (Å²) in [5, 5.41) is 0.881. The molecule has 15 heavy (non-hydrogen) atoms. The summed E-state index contributed by atoms with van der Waals surface area (Å²) in [6, 6.07) is 5.53. The molecule has 0 amide bonds. The Balaban J connectivity index is 2.58. The summed E-state index contributed by atoms with van der Waals surface area (Å²) in [4.78, 5) is 8.40. The molecule has 0 saturated carbocycles. The molecule has 1 aromatic carbocycles. The second kappa shape index (κ2) is 2.93. The second-order valence-electron chi connectivity index (χ2n) is 3.16. The maximum absolute atomic E-state index is 5.44. The highest BCUT2D eigenvalue weighted by Crippen LogP contribution is 2.28. The molecule has 0 saturated heterocycles. The normalized spacial score (nSPS) is 11.0. The van der Waals surface area contributed by atoms with Crippen LogP contribution >= 0.6 is 0 Å². The van der Waals surface area contributed by atoms with Crippen LogP contribution < -0.4 is 11.3 Å². The summed E-state index contributed by atoms with van der Waals surface area (Å²) in [6.07, 6.45) is 3.11. The fourth-order valence-corrected chi connectivity index (χ4v) is 1.69. The molecule has 0 aliphatic rings. The number of fused-ring (bicyclic) bond motifs is 3. The van der Waals surface area contributed by atoms with Crippen LogP contribution in [0.1, 0.15) is 0 Å². The van der Waals surface area contributed by atoms with E-state index >= 15 is 0 Å². The van der Waals surface area contributed by atoms with Gasteiger partial charge in [0.05, 0.1) is 16.6 Å². The third-order valence-corrected chi connectivity index (χ3v) is 2.36. The fourth-order valence-electron chi connectivity index (χ4n) is 1.69. The van der Waals surface area contributed by atoms with Crippen molar-refractivity contribution < 1.29 is 4.42 Å². The van der Waals surface area contributed by atoms with Gasteiger partial charge in [0.15, 0.2) is 12.0 Å². The third kappa shape index (κ3) is 1.07. The number of anilines is 1. The lowest BCUT2D eigenvalue weighted by Gasteiger charge is -2.04. The number of benzene rings is 1. The Kier molecular flexibility index (Phi) is 1.60. The van der Waals surface area contributed by atoms with Gasteiger partial charge < -0.3 is 9.84 Å². The van der Waals surface area contributed by atoms with E-state index in [4.69, 9.17) is 10.3 Å². The number of hydrazine groups is 1. The van der Waals surface area contributed by atoms with Gasteiger partial charge in [0, 0.05) is 6.20 Å². The number of pyridine rings is 1. The van der Waals surface area contributed by atoms with Crippen molar-refractivity contribution in [2.24, 2.45) is 5.84 Å². The maximum Gasteiger partial charge on any atom is 0.182 e. The van der Waals surface area contributed by atoms with Crippen LogP contribution in [0.3, 0.4) is 0 Å². The average Bonchev–Trinajstić information content (AvgIpc) is 2.76. The van der Waals surface area contributed by atoms with Crippen molar-refractivity contribution in [2.45, 2.75) is 0 Å². The highest BCUT2D eigenvalue weighted by molar-refractivity contribution is 6.08. The molecule has 0 aliphatic heterocycles. The molecular formula is C10H8N4O. The molecule has 0 unspecified atom stereocenters. The summed E-state index contributed by atoms with van der Waals surface area (Å²) < 4.78 is 5.22. The zero-order valence-electron chi connectivity index (χ0n) is 7.77. The van der Waals surface area contributed by atoms with E-state index < -0.39 is 0 Å². The summed E-state index contributed by atoms with van der Waals surface area (Å²) >= 11 is 0. The molecule has 0 atom stereocenters. The number of nitrogens with one attached hydrogen (secondary N) is 1. The molecule has 74 valence electrons. The number of hydrogen-bond donors (Lipinski definition) is 2. The Labute approximate surface area is 84.9 Å². The SMILES string of the molecule is NNc1ccnc2ccc3ocnc3c12. The highest BCUT2D eigenvalue weighted by atomic mass is 16.3. The van der Waals surface area contributed by atoms with Crippen molar-refractivity contribution >= 4 is 27.7 Å². The Morgan fingerprint density at radius 1 is 1.20 bits per heavy atom. The lowest BCUT2D eigenvalue weighted by molar-refractivity contribution is 0.602. The van der Waals surface area contributed by atoms with E-state index in [2.05, 4.69) is 15.4 Å². The van der Waals surface area contributed by atoms with Gasteiger partial charge in [-0.25, -0.2) is 4.98 Å². The minimum absolute atomic E-state index is 0.729. The van der Waals surface area contributed by atoms with Crippen LogP contribution in [0.4, 0.5) is 5.69 Å². The van der Waals surface area contributed by atoms with E-state index in [1.807, 2.05) is 12.1 Å². The van der Waals surface area contributed by atoms with Crippen molar-refractivity contribution in [3.05, 3.63) is 30.8 Å². The smallest absolute Gasteiger partial charge is 0.182 e. The Hall–Kier alpha value is -2.14. The molecule has 0 bridgehead atoms. The summed E-state index contributed by atoms with van der Waals surface area (Å²) in [5.41, 5.74) is 5.76. The van der Waals surface area contributed by atoms with E-state index in [1.165, 1.54) is 6.39 Å². The average molecular weight is 200 g/mol. The van der Waals surface area contributed by atoms with E-state index in [9.17, 15) is 0 Å². The molecule has 2 aromatic heterocycles. The van der Waals surface area contributed by atoms with Crippen LogP contribution in [0.25, 0.3) is 22.0 Å². The van der Waals surface area contributed by atoms with Crippen LogP contribution in [-0.4, -0.2) is 9.97 Å². The lowest BCUT2D eigenvalue weighted by Crippen LogP contribution is -2.07. The summed E-state index contributed by atoms with van der Waals surface area (Å²) in [7, 11) is 0. The van der Waals surface area contributed by atoms with Crippen molar-refractivity contribution in [1.82, 2.24) is 9.97 Å². The number of nitrogen functional groups attached to an aromatic ring is 1. The van der Waals surface area contributed by atoms with Gasteiger partial charge >= 0.3 is 0 Å². The molecule has 5 nitrogen and oxygen atoms in total. The Morgan fingerprint density at radius 2 is 2.13 bits per heavy atom. The molecule has 0 radical (unpaired) electrons. The van der Waals surface area contributed by atoms with Gasteiger partial charge in [0.2, 0.25) is 0 Å². The van der Waals surface area contributed by atoms with Crippen LogP contribution in [0, 0.1) is 0 Å². The number of oxazole rings is 1. The first-order valence-electron chi connectivity index (χ1n) is 4.47. The summed E-state index contributed by atoms with van der Waals surface area (Å²) in [5.74, 6) is 5.44. The molecule has 3 rings (SSSR count). The van der Waals surface area contributed by atoms with Crippen LogP contribution in [0.2, 0.25) is 0 Å². The zero-order valence-corrected chi connectivity index (χ0v) is 7.77. The van der Waals surface area contributed by atoms with Crippen molar-refractivity contribution in [2.75, 3.05) is 5.43 Å². The van der Waals surface area contributed by atoms with Gasteiger partial charge in [0.25, 0.3) is 0 Å². The topological polar surface area (TPSA) is 77.0 Å². The predicted octanol–water partition coefficient (Wildman–Crippen LogP) is 1.66. The monoisotopic (exact) mass is 200 g/mol. The predicted molar refractivity (Wildman–Crippen MR) is 57.1 cm³/mol. The summed E-state index contributed by atoms with van der Waals surface area (Å²) in [6.45, 7) is 0. The Morgan fingerprint density at radius 3 is 3.00 bits per heavy atom. The van der Waals surface area contributed by atoms with Gasteiger partial charge in [-0.1, -0.05) is 0 Å². The van der Waals surface area contributed by atoms with E-state index in [-0.39, 0.29) is 0 Å². The van der Waals surface area contributed by atoms with Crippen LogP contribution in [0.15, 0.2) is 35.2 Å². The van der Waals surface area contributed by atoms with Gasteiger partial charge in [-0.15, -0.1) is 0 Å². The van der Waals surface area contributed by atoms with E-state index in [0.717, 1.165) is 27.7 Å². The molecule has 5 heteroatoms. The number of nitrogens with zero attached hydrogens (tertiary/aromatic N) is 2. The molecule has 0 spiro atoms. The van der Waals surface area contributed by atoms with Crippen molar-refractivity contribution in [3.8, 4) is 0 Å². The van der Waals surface area contributed by atoms with Crippen LogP contribution in [0.5, 0.6) is 0 Å². The third-order valence-electron chi connectivity index (χ3n) is 2.36. The maximum atomic E-state index is 5.44. The largest absolute Gasteiger partial charge is 0.443 e. The standard InChI is InChI=1S/C10H8N4O/c11-14-7-3-4-12-6-1-2-8-10(9(6)7)13-5-15-8/h1-5H,11H2,(H,12,14). The number of aromatic nitrogens is 2. The second-order valence-corrected chi connectivity index (χ2v) is 3.16. The quantitative estimate of drug-likeness (QED) is 0.461. The van der Waals surface area contributed by atoms with Crippen molar-refractivity contribution in [3.63, 3.8) is 0 Å². The van der Waals surface area contributed by atoms with E-state index in [1.54, 1.807) is 12.3 Å². The molecule has 0 aliphatic carbocycles. The lowest BCUT2D eigenvalue weighted by atomic mass is 10.1. The first kappa shape index (κ1) is 8.19. The number of rotatable bonds is 1. The van der Waals surface area contributed by atoms with Crippen molar-refractivity contribution in [1.29, 1.82) is 0 Å². The van der Waals surface area contributed by atoms with Gasteiger partial charge in [-0.2, -0.15) is 0 Å². The van der Waals surface area contributed by atoms with E-state index in [0.29, 0.717) is 0 Å². The van der Waals surface area contributed by atoms with Gasteiger partial charge in [-0.3, -0.25) is 10.8 Å². The molecule has 2 heterocycles. The minimum atomic E-state index is 0.729. The molecule has 0 fully saturated rings. The molecular weight excluding hydrogens is 192 g/mol. The highest BCUT2D eigenvalue weighted by Gasteiger charge is 2.08. The zero-order chi connectivity index (χ0) is 10.3. The first-order chi connectivity index (χ1) is 7.40. The molecule has 3 aromatic rings. The fraction of sp³-hybridized carbons (Fsp3) is 0. The van der Waals surface area contributed by atoms with Gasteiger partial charge in [0.1, 0.15) is 5.52 Å².